The van der Waals surface area contributed by atoms with E-state index in [2.05, 4.69) is 20.4 Å². The number of nitrogens with zero attached hydrogens (tertiary/aromatic N) is 3. The van der Waals surface area contributed by atoms with Gasteiger partial charge in [0.25, 0.3) is 0 Å². The molecule has 0 aromatic carbocycles. The lowest BCUT2D eigenvalue weighted by Gasteiger charge is -2.35. The second-order valence-corrected chi connectivity index (χ2v) is 6.61. The molecule has 0 atom stereocenters. The lowest BCUT2D eigenvalue weighted by Crippen LogP contribution is -2.47. The fraction of sp³-hybridized carbons (Fsp3) is 0.800. The molecule has 6 heteroatoms. The summed E-state index contributed by atoms with van der Waals surface area (Å²) in [5.41, 5.74) is 0. The van der Waals surface area contributed by atoms with E-state index >= 15 is 0 Å². The standard InChI is InChI=1S/C15H24N4OS/c1-11-16-14(20-18-11)12-7-9-19(10-8-12)15(21)17-13-5-3-2-4-6-13/h12-13H,2-10H2,1H3,(H,17,21). The van der Waals surface area contributed by atoms with Crippen LogP contribution in [0.25, 0.3) is 0 Å². The lowest BCUT2D eigenvalue weighted by molar-refractivity contribution is 0.260. The first-order chi connectivity index (χ1) is 10.2. The first-order valence-electron chi connectivity index (χ1n) is 8.08. The molecule has 0 spiro atoms. The fourth-order valence-corrected chi connectivity index (χ4v) is 3.67. The van der Waals surface area contributed by atoms with Gasteiger partial charge in [0.2, 0.25) is 5.89 Å². The van der Waals surface area contributed by atoms with Crippen LogP contribution in [-0.2, 0) is 0 Å². The van der Waals surface area contributed by atoms with Crippen LogP contribution in [0.2, 0.25) is 0 Å². The zero-order valence-electron chi connectivity index (χ0n) is 12.7. The van der Waals surface area contributed by atoms with E-state index in [1.54, 1.807) is 0 Å². The van der Waals surface area contributed by atoms with Crippen LogP contribution in [0.1, 0.15) is 62.6 Å². The van der Waals surface area contributed by atoms with E-state index in [9.17, 15) is 0 Å². The number of hydrogen-bond donors (Lipinski definition) is 1. The number of likely N-dealkylation sites (tertiary alicyclic amines) is 1. The highest BCUT2D eigenvalue weighted by Crippen LogP contribution is 2.27. The molecule has 116 valence electrons. The Morgan fingerprint density at radius 1 is 1.19 bits per heavy atom. The zero-order valence-corrected chi connectivity index (χ0v) is 13.5. The molecule has 5 nitrogen and oxygen atoms in total. The third-order valence-corrected chi connectivity index (χ3v) is 4.98. The first kappa shape index (κ1) is 14.8. The topological polar surface area (TPSA) is 54.2 Å². The van der Waals surface area contributed by atoms with E-state index in [0.717, 1.165) is 42.8 Å². The van der Waals surface area contributed by atoms with Crippen molar-refractivity contribution in [2.45, 2.75) is 63.8 Å². The minimum absolute atomic E-state index is 0.389. The number of thiocarbonyl (C=S) groups is 1. The summed E-state index contributed by atoms with van der Waals surface area (Å²) in [7, 11) is 0. The van der Waals surface area contributed by atoms with E-state index < -0.39 is 0 Å². The number of rotatable bonds is 2. The second kappa shape index (κ2) is 6.73. The molecule has 1 aliphatic carbocycles. The number of nitrogens with one attached hydrogen (secondary N) is 1. The van der Waals surface area contributed by atoms with Crippen LogP contribution in [0.4, 0.5) is 0 Å². The Labute approximate surface area is 131 Å². The smallest absolute Gasteiger partial charge is 0.229 e. The van der Waals surface area contributed by atoms with Crippen LogP contribution >= 0.6 is 12.2 Å². The molecule has 0 amide bonds. The van der Waals surface area contributed by atoms with E-state index in [1.165, 1.54) is 32.1 Å². The first-order valence-corrected chi connectivity index (χ1v) is 8.49. The van der Waals surface area contributed by atoms with E-state index in [-0.39, 0.29) is 0 Å². The fourth-order valence-electron chi connectivity index (χ4n) is 3.32. The number of hydrogen-bond acceptors (Lipinski definition) is 4. The molecule has 0 radical (unpaired) electrons. The quantitative estimate of drug-likeness (QED) is 0.848. The minimum Gasteiger partial charge on any atom is -0.360 e. The molecule has 2 aliphatic rings. The van der Waals surface area contributed by atoms with Crippen molar-refractivity contribution in [1.29, 1.82) is 0 Å². The monoisotopic (exact) mass is 308 g/mol. The number of aryl methyl sites for hydroxylation is 1. The summed E-state index contributed by atoms with van der Waals surface area (Å²) in [4.78, 5) is 6.65. The van der Waals surface area contributed by atoms with Gasteiger partial charge in [-0.25, -0.2) is 0 Å². The molecule has 0 unspecified atom stereocenters. The molecular formula is C15H24N4OS. The van der Waals surface area contributed by atoms with Crippen molar-refractivity contribution >= 4 is 17.3 Å². The van der Waals surface area contributed by atoms with E-state index in [1.807, 2.05) is 6.92 Å². The van der Waals surface area contributed by atoms with Crippen molar-refractivity contribution in [2.24, 2.45) is 0 Å². The van der Waals surface area contributed by atoms with Crippen LogP contribution in [0.5, 0.6) is 0 Å². The Kier molecular flexibility index (Phi) is 4.73. The van der Waals surface area contributed by atoms with E-state index in [0.29, 0.717) is 12.0 Å². The van der Waals surface area contributed by atoms with Gasteiger partial charge in [0.05, 0.1) is 0 Å². The molecule has 1 N–H and O–H groups in total. The van der Waals surface area contributed by atoms with Gasteiger partial charge in [0.15, 0.2) is 10.9 Å². The summed E-state index contributed by atoms with van der Waals surface area (Å²) in [6, 6.07) is 0.586. The maximum Gasteiger partial charge on any atom is 0.229 e. The predicted molar refractivity (Wildman–Crippen MR) is 85.2 cm³/mol. The molecule has 1 saturated heterocycles. The molecule has 2 heterocycles. The minimum atomic E-state index is 0.389. The van der Waals surface area contributed by atoms with Crippen LogP contribution in [0, 0.1) is 6.92 Å². The van der Waals surface area contributed by atoms with Crippen molar-refractivity contribution in [3.05, 3.63) is 11.7 Å². The van der Waals surface area contributed by atoms with Gasteiger partial charge >= 0.3 is 0 Å². The van der Waals surface area contributed by atoms with Crippen molar-refractivity contribution < 1.29 is 4.52 Å². The Bertz CT molecular complexity index is 476. The summed E-state index contributed by atoms with van der Waals surface area (Å²) >= 11 is 5.58. The van der Waals surface area contributed by atoms with Gasteiger partial charge < -0.3 is 14.7 Å². The van der Waals surface area contributed by atoms with Gasteiger partial charge in [-0.3, -0.25) is 0 Å². The third-order valence-electron chi connectivity index (χ3n) is 4.61. The molecule has 0 bridgehead atoms. The van der Waals surface area contributed by atoms with Gasteiger partial charge in [-0.2, -0.15) is 4.98 Å². The molecule has 2 fully saturated rings. The van der Waals surface area contributed by atoms with Crippen molar-refractivity contribution in [2.75, 3.05) is 13.1 Å². The molecule has 1 aromatic heterocycles. The highest BCUT2D eigenvalue weighted by Gasteiger charge is 2.26. The maximum atomic E-state index is 5.58. The van der Waals surface area contributed by atoms with Gasteiger partial charge in [0, 0.05) is 25.0 Å². The average Bonchev–Trinajstić information content (AvgIpc) is 2.95. The number of piperidine rings is 1. The summed E-state index contributed by atoms with van der Waals surface area (Å²) in [6.45, 7) is 3.82. The van der Waals surface area contributed by atoms with Crippen molar-refractivity contribution in [3.8, 4) is 0 Å². The second-order valence-electron chi connectivity index (χ2n) is 6.23. The summed E-state index contributed by atoms with van der Waals surface area (Å²) in [5, 5.41) is 8.37. The Morgan fingerprint density at radius 3 is 2.52 bits per heavy atom. The average molecular weight is 308 g/mol. The molecule has 3 rings (SSSR count). The van der Waals surface area contributed by atoms with Gasteiger partial charge in [0.1, 0.15) is 0 Å². The summed E-state index contributed by atoms with van der Waals surface area (Å²) in [6.07, 6.45) is 8.63. The molecule has 21 heavy (non-hydrogen) atoms. The predicted octanol–water partition coefficient (Wildman–Crippen LogP) is 2.76. The molecule has 1 aromatic rings. The Balaban J connectivity index is 1.47. The van der Waals surface area contributed by atoms with Crippen molar-refractivity contribution in [3.63, 3.8) is 0 Å². The van der Waals surface area contributed by atoms with Crippen LogP contribution in [0.15, 0.2) is 4.52 Å². The zero-order chi connectivity index (χ0) is 14.7. The van der Waals surface area contributed by atoms with Crippen LogP contribution in [0.3, 0.4) is 0 Å². The molecule has 1 saturated carbocycles. The maximum absolute atomic E-state index is 5.58. The highest BCUT2D eigenvalue weighted by molar-refractivity contribution is 7.80. The van der Waals surface area contributed by atoms with Crippen molar-refractivity contribution in [1.82, 2.24) is 20.4 Å². The van der Waals surface area contributed by atoms with Crippen LogP contribution < -0.4 is 5.32 Å². The molecule has 1 aliphatic heterocycles. The van der Waals surface area contributed by atoms with Gasteiger partial charge in [-0.05, 0) is 44.8 Å². The molecular weight excluding hydrogens is 284 g/mol. The highest BCUT2D eigenvalue weighted by atomic mass is 32.1. The largest absolute Gasteiger partial charge is 0.360 e. The SMILES string of the molecule is Cc1noc(C2CCN(C(=S)NC3CCCCC3)CC2)n1. The Morgan fingerprint density at radius 2 is 1.90 bits per heavy atom. The number of aromatic nitrogens is 2. The van der Waals surface area contributed by atoms with Crippen LogP contribution in [-0.4, -0.2) is 39.3 Å². The van der Waals surface area contributed by atoms with Gasteiger partial charge in [-0.1, -0.05) is 24.4 Å². The normalized spacial score (nSPS) is 21.5. The third kappa shape index (κ3) is 3.73. The lowest BCUT2D eigenvalue weighted by atomic mass is 9.95. The Hall–Kier alpha value is -1.17. The summed E-state index contributed by atoms with van der Waals surface area (Å²) < 4.78 is 5.29. The summed E-state index contributed by atoms with van der Waals surface area (Å²) in [5.74, 6) is 1.90. The van der Waals surface area contributed by atoms with E-state index in [4.69, 9.17) is 16.7 Å². The van der Waals surface area contributed by atoms with Gasteiger partial charge in [-0.15, -0.1) is 0 Å².